The predicted octanol–water partition coefficient (Wildman–Crippen LogP) is 2.45. The second-order valence-corrected chi connectivity index (χ2v) is 6.15. The van der Waals surface area contributed by atoms with Crippen molar-refractivity contribution in [1.82, 2.24) is 9.88 Å². The van der Waals surface area contributed by atoms with Crippen LogP contribution in [0.2, 0.25) is 0 Å². The number of benzene rings is 1. The van der Waals surface area contributed by atoms with Crippen molar-refractivity contribution in [2.24, 2.45) is 5.92 Å². The van der Waals surface area contributed by atoms with Crippen LogP contribution in [-0.2, 0) is 9.59 Å². The van der Waals surface area contributed by atoms with Crippen molar-refractivity contribution in [3.8, 4) is 11.3 Å². The molecule has 2 aromatic rings. The van der Waals surface area contributed by atoms with Crippen molar-refractivity contribution in [3.05, 3.63) is 35.7 Å². The standard InChI is InChI=1S/C15H14ClN3O2S/c16-6-13(20)19-7-11(8-19)14(21)18-15-17-12(9-22-15)10-4-2-1-3-5-10/h1-5,9,11H,6-8H2,(H,17,18,21). The second-order valence-electron chi connectivity index (χ2n) is 5.02. The first-order valence-corrected chi connectivity index (χ1v) is 8.24. The first-order chi connectivity index (χ1) is 10.7. The number of rotatable bonds is 4. The van der Waals surface area contributed by atoms with E-state index in [2.05, 4.69) is 10.3 Å². The molecule has 114 valence electrons. The van der Waals surface area contributed by atoms with Gasteiger partial charge in [0.15, 0.2) is 5.13 Å². The summed E-state index contributed by atoms with van der Waals surface area (Å²) in [7, 11) is 0. The average molecular weight is 336 g/mol. The molecule has 1 aliphatic rings. The van der Waals surface area contributed by atoms with E-state index in [1.807, 2.05) is 35.7 Å². The zero-order valence-electron chi connectivity index (χ0n) is 11.7. The third-order valence-electron chi connectivity index (χ3n) is 3.52. The van der Waals surface area contributed by atoms with E-state index in [-0.39, 0.29) is 23.6 Å². The number of hydrogen-bond donors (Lipinski definition) is 1. The molecule has 1 aliphatic heterocycles. The summed E-state index contributed by atoms with van der Waals surface area (Å²) in [4.78, 5) is 29.4. The van der Waals surface area contributed by atoms with Crippen LogP contribution in [-0.4, -0.2) is 40.7 Å². The lowest BCUT2D eigenvalue weighted by atomic mass is 9.99. The zero-order chi connectivity index (χ0) is 15.5. The van der Waals surface area contributed by atoms with Crippen molar-refractivity contribution in [2.75, 3.05) is 24.3 Å². The molecule has 1 aromatic carbocycles. The molecule has 1 N–H and O–H groups in total. The number of hydrogen-bond acceptors (Lipinski definition) is 4. The van der Waals surface area contributed by atoms with Gasteiger partial charge in [-0.3, -0.25) is 9.59 Å². The number of carbonyl (C=O) groups is 2. The smallest absolute Gasteiger partial charge is 0.237 e. The lowest BCUT2D eigenvalue weighted by Crippen LogP contribution is -2.54. The Kier molecular flexibility index (Phi) is 4.40. The molecular weight excluding hydrogens is 322 g/mol. The molecule has 5 nitrogen and oxygen atoms in total. The summed E-state index contributed by atoms with van der Waals surface area (Å²) in [6.45, 7) is 0.850. The minimum Gasteiger partial charge on any atom is -0.340 e. The van der Waals surface area contributed by atoms with Gasteiger partial charge in [0, 0.05) is 24.0 Å². The summed E-state index contributed by atoms with van der Waals surface area (Å²) < 4.78 is 0. The minimum absolute atomic E-state index is 0.0404. The summed E-state index contributed by atoms with van der Waals surface area (Å²) in [5.41, 5.74) is 1.86. The number of amides is 2. The Labute approximate surface area is 136 Å². The van der Waals surface area contributed by atoms with Crippen LogP contribution in [0.15, 0.2) is 35.7 Å². The first kappa shape index (κ1) is 15.0. The van der Waals surface area contributed by atoms with Crippen LogP contribution in [0.5, 0.6) is 0 Å². The van der Waals surface area contributed by atoms with Crippen LogP contribution in [0, 0.1) is 5.92 Å². The van der Waals surface area contributed by atoms with Gasteiger partial charge in [-0.2, -0.15) is 0 Å². The fourth-order valence-corrected chi connectivity index (χ4v) is 3.10. The van der Waals surface area contributed by atoms with E-state index in [0.29, 0.717) is 18.2 Å². The molecule has 0 unspecified atom stereocenters. The van der Waals surface area contributed by atoms with Gasteiger partial charge in [-0.15, -0.1) is 22.9 Å². The van der Waals surface area contributed by atoms with E-state index in [1.54, 1.807) is 4.90 Å². The highest BCUT2D eigenvalue weighted by Gasteiger charge is 2.35. The Bertz CT molecular complexity index is 683. The maximum Gasteiger partial charge on any atom is 0.237 e. The summed E-state index contributed by atoms with van der Waals surface area (Å²) in [6, 6.07) is 9.79. The van der Waals surface area contributed by atoms with Gasteiger partial charge in [-0.25, -0.2) is 4.98 Å². The summed E-state index contributed by atoms with van der Waals surface area (Å²) in [5, 5.41) is 5.30. The molecule has 22 heavy (non-hydrogen) atoms. The minimum atomic E-state index is -0.184. The molecule has 7 heteroatoms. The van der Waals surface area contributed by atoms with E-state index in [4.69, 9.17) is 11.6 Å². The Morgan fingerprint density at radius 1 is 1.32 bits per heavy atom. The molecule has 1 fully saturated rings. The van der Waals surface area contributed by atoms with Gasteiger partial charge in [0.2, 0.25) is 11.8 Å². The van der Waals surface area contributed by atoms with Crippen LogP contribution in [0.1, 0.15) is 0 Å². The molecule has 1 saturated heterocycles. The highest BCUT2D eigenvalue weighted by molar-refractivity contribution is 7.14. The lowest BCUT2D eigenvalue weighted by molar-refractivity contribution is -0.138. The van der Waals surface area contributed by atoms with E-state index in [0.717, 1.165) is 11.3 Å². The molecular formula is C15H14ClN3O2S. The van der Waals surface area contributed by atoms with Crippen molar-refractivity contribution in [1.29, 1.82) is 0 Å². The van der Waals surface area contributed by atoms with Gasteiger partial charge in [-0.1, -0.05) is 30.3 Å². The normalized spacial score (nSPS) is 14.5. The molecule has 3 rings (SSSR count). The largest absolute Gasteiger partial charge is 0.340 e. The molecule has 0 bridgehead atoms. The number of thiazole rings is 1. The lowest BCUT2D eigenvalue weighted by Gasteiger charge is -2.37. The molecule has 0 spiro atoms. The third kappa shape index (κ3) is 3.13. The highest BCUT2D eigenvalue weighted by atomic mass is 35.5. The van der Waals surface area contributed by atoms with Crippen LogP contribution in [0.4, 0.5) is 5.13 Å². The molecule has 1 aromatic heterocycles. The number of alkyl halides is 1. The molecule has 0 saturated carbocycles. The summed E-state index contributed by atoms with van der Waals surface area (Å²) in [5.74, 6) is -0.462. The molecule has 2 heterocycles. The highest BCUT2D eigenvalue weighted by Crippen LogP contribution is 2.26. The number of nitrogens with one attached hydrogen (secondary N) is 1. The van der Waals surface area contributed by atoms with E-state index in [1.165, 1.54) is 11.3 Å². The molecule has 0 aliphatic carbocycles. The number of halogens is 1. The maximum absolute atomic E-state index is 12.1. The third-order valence-corrected chi connectivity index (χ3v) is 4.51. The Hall–Kier alpha value is -1.92. The zero-order valence-corrected chi connectivity index (χ0v) is 13.2. The Morgan fingerprint density at radius 2 is 2.05 bits per heavy atom. The number of aromatic nitrogens is 1. The molecule has 2 amide bonds. The van der Waals surface area contributed by atoms with Crippen molar-refractivity contribution in [2.45, 2.75) is 0 Å². The first-order valence-electron chi connectivity index (χ1n) is 6.83. The van der Waals surface area contributed by atoms with Gasteiger partial charge < -0.3 is 10.2 Å². The van der Waals surface area contributed by atoms with Gasteiger partial charge in [0.25, 0.3) is 0 Å². The van der Waals surface area contributed by atoms with Gasteiger partial charge in [-0.05, 0) is 0 Å². The fraction of sp³-hybridized carbons (Fsp3) is 0.267. The predicted molar refractivity (Wildman–Crippen MR) is 87.0 cm³/mol. The molecule has 0 atom stereocenters. The van der Waals surface area contributed by atoms with Gasteiger partial charge in [0.05, 0.1) is 11.6 Å². The number of anilines is 1. The summed E-state index contributed by atoms with van der Waals surface area (Å²) in [6.07, 6.45) is 0. The number of likely N-dealkylation sites (tertiary alicyclic amines) is 1. The van der Waals surface area contributed by atoms with E-state index >= 15 is 0 Å². The van der Waals surface area contributed by atoms with Gasteiger partial charge >= 0.3 is 0 Å². The Morgan fingerprint density at radius 3 is 2.73 bits per heavy atom. The van der Waals surface area contributed by atoms with E-state index < -0.39 is 0 Å². The summed E-state index contributed by atoms with van der Waals surface area (Å²) >= 11 is 6.87. The second kappa shape index (κ2) is 6.46. The molecule has 0 radical (unpaired) electrons. The van der Waals surface area contributed by atoms with E-state index in [9.17, 15) is 9.59 Å². The average Bonchev–Trinajstić information content (AvgIpc) is 2.95. The number of nitrogens with zero attached hydrogens (tertiary/aromatic N) is 2. The Balaban J connectivity index is 1.57. The number of carbonyl (C=O) groups excluding carboxylic acids is 2. The van der Waals surface area contributed by atoms with Crippen LogP contribution in [0.3, 0.4) is 0 Å². The maximum atomic E-state index is 12.1. The fourth-order valence-electron chi connectivity index (χ4n) is 2.21. The van der Waals surface area contributed by atoms with Crippen molar-refractivity contribution < 1.29 is 9.59 Å². The van der Waals surface area contributed by atoms with Crippen LogP contribution >= 0.6 is 22.9 Å². The van der Waals surface area contributed by atoms with Crippen LogP contribution in [0.25, 0.3) is 11.3 Å². The topological polar surface area (TPSA) is 62.3 Å². The monoisotopic (exact) mass is 335 g/mol. The van der Waals surface area contributed by atoms with Crippen molar-refractivity contribution >= 4 is 39.9 Å². The van der Waals surface area contributed by atoms with Crippen molar-refractivity contribution in [3.63, 3.8) is 0 Å². The van der Waals surface area contributed by atoms with Gasteiger partial charge in [0.1, 0.15) is 5.88 Å². The quantitative estimate of drug-likeness (QED) is 0.873. The van der Waals surface area contributed by atoms with Crippen LogP contribution < -0.4 is 5.32 Å². The SMILES string of the molecule is O=C(Nc1nc(-c2ccccc2)cs1)C1CN(C(=O)CCl)C1.